The van der Waals surface area contributed by atoms with E-state index in [9.17, 15) is 14.7 Å². The first kappa shape index (κ1) is 24.8. The molecule has 1 amide bonds. The molecule has 0 radical (unpaired) electrons. The second-order valence-corrected chi connectivity index (χ2v) is 8.09. The summed E-state index contributed by atoms with van der Waals surface area (Å²) in [5.41, 5.74) is 1.77. The number of aromatic nitrogens is 1. The van der Waals surface area contributed by atoms with E-state index < -0.39 is 17.7 Å². The van der Waals surface area contributed by atoms with Crippen LogP contribution < -0.4 is 14.2 Å². The summed E-state index contributed by atoms with van der Waals surface area (Å²) >= 11 is 0. The average Bonchev–Trinajstić information content (AvgIpc) is 3.15. The lowest BCUT2D eigenvalue weighted by atomic mass is 9.94. The number of aliphatic hydroxyl groups excluding tert-OH is 1. The molecule has 0 saturated carbocycles. The molecular weight excluding hydrogens is 460 g/mol. The normalized spacial score (nSPS) is 16.8. The minimum absolute atomic E-state index is 0.000616. The standard InChI is InChI=1S/C28H28N2O6/c1-4-35-22-13-10-20(15-23(22)36-5-2)25-24(26(31)19-8-11-21(34-3)12-9-19)27(32)28(33)30(25)17-18-7-6-14-29-16-18/h6-16,25,31H,4-5,17H2,1-3H3. The predicted octanol–water partition coefficient (Wildman–Crippen LogP) is 4.51. The van der Waals surface area contributed by atoms with Crippen molar-refractivity contribution in [3.63, 3.8) is 0 Å². The van der Waals surface area contributed by atoms with Gasteiger partial charge < -0.3 is 24.2 Å². The molecule has 186 valence electrons. The topological polar surface area (TPSA) is 98.2 Å². The van der Waals surface area contributed by atoms with E-state index in [1.54, 1.807) is 68.0 Å². The zero-order valence-electron chi connectivity index (χ0n) is 20.4. The zero-order valence-corrected chi connectivity index (χ0v) is 20.4. The van der Waals surface area contributed by atoms with Gasteiger partial charge in [0.1, 0.15) is 11.5 Å². The number of benzene rings is 2. The second kappa shape index (κ2) is 10.9. The molecule has 2 heterocycles. The molecule has 4 rings (SSSR count). The van der Waals surface area contributed by atoms with E-state index in [1.807, 2.05) is 19.9 Å². The molecule has 3 aromatic rings. The van der Waals surface area contributed by atoms with Gasteiger partial charge in [0.2, 0.25) is 0 Å². The quantitative estimate of drug-likeness (QED) is 0.269. The molecule has 1 fully saturated rings. The third-order valence-corrected chi connectivity index (χ3v) is 5.86. The molecule has 1 saturated heterocycles. The van der Waals surface area contributed by atoms with Gasteiger partial charge in [-0.3, -0.25) is 14.6 Å². The molecule has 1 aliphatic rings. The van der Waals surface area contributed by atoms with Gasteiger partial charge in [-0.05, 0) is 67.4 Å². The van der Waals surface area contributed by atoms with Crippen LogP contribution in [-0.4, -0.2) is 47.0 Å². The Labute approximate surface area is 209 Å². The average molecular weight is 489 g/mol. The summed E-state index contributed by atoms with van der Waals surface area (Å²) in [7, 11) is 1.54. The Bertz CT molecular complexity index is 1270. The van der Waals surface area contributed by atoms with E-state index >= 15 is 0 Å². The summed E-state index contributed by atoms with van der Waals surface area (Å²) in [4.78, 5) is 32.1. The lowest BCUT2D eigenvalue weighted by Gasteiger charge is -2.26. The number of hydrogen-bond acceptors (Lipinski definition) is 7. The fraction of sp³-hybridized carbons (Fsp3) is 0.250. The van der Waals surface area contributed by atoms with Crippen molar-refractivity contribution < 1.29 is 28.9 Å². The number of methoxy groups -OCH3 is 1. The molecule has 36 heavy (non-hydrogen) atoms. The van der Waals surface area contributed by atoms with Crippen LogP contribution >= 0.6 is 0 Å². The van der Waals surface area contributed by atoms with Gasteiger partial charge in [-0.25, -0.2) is 0 Å². The Hall–Kier alpha value is -4.33. The van der Waals surface area contributed by atoms with Crippen molar-refractivity contribution in [2.75, 3.05) is 20.3 Å². The van der Waals surface area contributed by atoms with Crippen LogP contribution in [0.3, 0.4) is 0 Å². The van der Waals surface area contributed by atoms with Gasteiger partial charge >= 0.3 is 0 Å². The molecule has 0 bridgehead atoms. The number of hydrogen-bond donors (Lipinski definition) is 1. The van der Waals surface area contributed by atoms with Crippen LogP contribution in [0.1, 0.15) is 36.6 Å². The van der Waals surface area contributed by atoms with Crippen LogP contribution in [-0.2, 0) is 16.1 Å². The van der Waals surface area contributed by atoms with Gasteiger partial charge in [0.05, 0.1) is 31.9 Å². The van der Waals surface area contributed by atoms with Crippen LogP contribution in [0.25, 0.3) is 5.76 Å². The minimum Gasteiger partial charge on any atom is -0.507 e. The molecule has 1 aromatic heterocycles. The lowest BCUT2D eigenvalue weighted by Crippen LogP contribution is -2.29. The van der Waals surface area contributed by atoms with Gasteiger partial charge in [0, 0.05) is 24.5 Å². The van der Waals surface area contributed by atoms with Crippen molar-refractivity contribution in [1.29, 1.82) is 0 Å². The molecule has 1 N–H and O–H groups in total. The highest BCUT2D eigenvalue weighted by Crippen LogP contribution is 2.42. The van der Waals surface area contributed by atoms with Crippen molar-refractivity contribution in [3.8, 4) is 17.2 Å². The smallest absolute Gasteiger partial charge is 0.295 e. The SMILES string of the molecule is CCOc1ccc(C2C(=C(O)c3ccc(OC)cc3)C(=O)C(=O)N2Cc2cccnc2)cc1OCC. The van der Waals surface area contributed by atoms with Gasteiger partial charge in [-0.2, -0.15) is 0 Å². The Morgan fingerprint density at radius 3 is 2.36 bits per heavy atom. The first-order valence-electron chi connectivity index (χ1n) is 11.7. The van der Waals surface area contributed by atoms with Crippen LogP contribution in [0.15, 0.2) is 72.6 Å². The number of rotatable bonds is 9. The number of pyridine rings is 1. The summed E-state index contributed by atoms with van der Waals surface area (Å²) in [6.45, 7) is 4.74. The Morgan fingerprint density at radius 1 is 1.00 bits per heavy atom. The van der Waals surface area contributed by atoms with Gasteiger partial charge in [0.15, 0.2) is 11.5 Å². The first-order valence-corrected chi connectivity index (χ1v) is 11.7. The van der Waals surface area contributed by atoms with Gasteiger partial charge in [-0.1, -0.05) is 12.1 Å². The van der Waals surface area contributed by atoms with Crippen molar-refractivity contribution in [2.24, 2.45) is 0 Å². The van der Waals surface area contributed by atoms with E-state index in [1.165, 1.54) is 4.90 Å². The maximum atomic E-state index is 13.3. The number of ketones is 1. The summed E-state index contributed by atoms with van der Waals surface area (Å²) in [5, 5.41) is 11.3. The molecule has 8 heteroatoms. The number of likely N-dealkylation sites (tertiary alicyclic amines) is 1. The molecular formula is C28H28N2O6. The molecule has 8 nitrogen and oxygen atoms in total. The summed E-state index contributed by atoms with van der Waals surface area (Å²) in [6, 6.07) is 14.7. The number of carbonyl (C=O) groups excluding carboxylic acids is 2. The Balaban J connectivity index is 1.87. The fourth-order valence-electron chi connectivity index (χ4n) is 4.22. The van der Waals surface area contributed by atoms with Crippen LogP contribution in [0.2, 0.25) is 0 Å². The largest absolute Gasteiger partial charge is 0.507 e. The van der Waals surface area contributed by atoms with E-state index in [0.717, 1.165) is 5.56 Å². The highest BCUT2D eigenvalue weighted by molar-refractivity contribution is 6.46. The van der Waals surface area contributed by atoms with Crippen LogP contribution in [0.4, 0.5) is 0 Å². The fourth-order valence-corrected chi connectivity index (χ4v) is 4.22. The van der Waals surface area contributed by atoms with E-state index in [4.69, 9.17) is 14.2 Å². The van der Waals surface area contributed by atoms with Gasteiger partial charge in [-0.15, -0.1) is 0 Å². The summed E-state index contributed by atoms with van der Waals surface area (Å²) < 4.78 is 16.7. The molecule has 0 spiro atoms. The summed E-state index contributed by atoms with van der Waals surface area (Å²) in [6.07, 6.45) is 3.28. The van der Waals surface area contributed by atoms with Crippen molar-refractivity contribution >= 4 is 17.4 Å². The maximum Gasteiger partial charge on any atom is 0.295 e. The number of carbonyl (C=O) groups is 2. The van der Waals surface area contributed by atoms with Crippen molar-refractivity contribution in [3.05, 3.63) is 89.3 Å². The third kappa shape index (κ3) is 4.88. The van der Waals surface area contributed by atoms with Crippen molar-refractivity contribution in [1.82, 2.24) is 9.88 Å². The van der Waals surface area contributed by atoms with Crippen LogP contribution in [0.5, 0.6) is 17.2 Å². The number of ether oxygens (including phenoxy) is 3. The van der Waals surface area contributed by atoms with E-state index in [0.29, 0.717) is 41.6 Å². The number of amides is 1. The van der Waals surface area contributed by atoms with Crippen LogP contribution in [0, 0.1) is 0 Å². The Morgan fingerprint density at radius 2 is 1.72 bits per heavy atom. The molecule has 1 aliphatic heterocycles. The van der Waals surface area contributed by atoms with Gasteiger partial charge in [0.25, 0.3) is 11.7 Å². The highest BCUT2D eigenvalue weighted by atomic mass is 16.5. The molecule has 2 aromatic carbocycles. The lowest BCUT2D eigenvalue weighted by molar-refractivity contribution is -0.140. The number of nitrogens with zero attached hydrogens (tertiary/aromatic N) is 2. The predicted molar refractivity (Wildman–Crippen MR) is 134 cm³/mol. The minimum atomic E-state index is -0.845. The summed E-state index contributed by atoms with van der Waals surface area (Å²) in [5.74, 6) is -0.0694. The third-order valence-electron chi connectivity index (χ3n) is 5.86. The monoisotopic (exact) mass is 488 g/mol. The van der Waals surface area contributed by atoms with Crippen molar-refractivity contribution in [2.45, 2.75) is 26.4 Å². The number of Topliss-reactive ketones (excluding diaryl/α,β-unsaturated/α-hetero) is 1. The molecule has 1 unspecified atom stereocenters. The second-order valence-electron chi connectivity index (χ2n) is 8.09. The molecule has 1 atom stereocenters. The van der Waals surface area contributed by atoms with E-state index in [-0.39, 0.29) is 17.9 Å². The van der Waals surface area contributed by atoms with E-state index in [2.05, 4.69) is 4.98 Å². The maximum absolute atomic E-state index is 13.3. The first-order chi connectivity index (χ1) is 17.5. The number of aliphatic hydroxyl groups is 1. The zero-order chi connectivity index (χ0) is 25.7. The highest BCUT2D eigenvalue weighted by Gasteiger charge is 2.46. The molecule has 0 aliphatic carbocycles. The Kier molecular flexibility index (Phi) is 7.53.